The maximum atomic E-state index is 6.75. The molecule has 4 aromatic rings. The van der Waals surface area contributed by atoms with Crippen molar-refractivity contribution in [3.63, 3.8) is 0 Å². The molecule has 6 rings (SSSR count). The minimum absolute atomic E-state index is 0.154. The van der Waals surface area contributed by atoms with Gasteiger partial charge in [-0.25, -0.2) is 9.67 Å². The number of hydrogen-bond acceptors (Lipinski definition) is 3. The molecule has 3 heterocycles. The third-order valence-electron chi connectivity index (χ3n) is 5.96. The lowest BCUT2D eigenvalue weighted by Gasteiger charge is -2.39. The summed E-state index contributed by atoms with van der Waals surface area (Å²) in [5, 5.41) is 6.29. The third-order valence-corrected chi connectivity index (χ3v) is 6.56. The molecule has 1 atom stereocenters. The van der Waals surface area contributed by atoms with E-state index in [4.69, 9.17) is 33.3 Å². The summed E-state index contributed by atoms with van der Waals surface area (Å²) >= 11 is 12.9. The van der Waals surface area contributed by atoms with Gasteiger partial charge in [0.05, 0.1) is 23.1 Å². The van der Waals surface area contributed by atoms with Crippen molar-refractivity contribution in [3.05, 3.63) is 111 Å². The van der Waals surface area contributed by atoms with Crippen LogP contribution in [0.5, 0.6) is 0 Å². The van der Waals surface area contributed by atoms with Crippen LogP contribution in [0.4, 0.5) is 11.5 Å². The van der Waals surface area contributed by atoms with E-state index in [1.807, 2.05) is 54.1 Å². The second-order valence-electron chi connectivity index (χ2n) is 7.87. The van der Waals surface area contributed by atoms with Crippen molar-refractivity contribution in [2.45, 2.75) is 13.0 Å². The molecule has 0 aliphatic carbocycles. The molecule has 0 saturated heterocycles. The first-order valence-electron chi connectivity index (χ1n) is 10.4. The number of aryl methyl sites for hydroxylation is 1. The zero-order valence-electron chi connectivity index (χ0n) is 17.2. The van der Waals surface area contributed by atoms with Crippen molar-refractivity contribution < 1.29 is 0 Å². The summed E-state index contributed by atoms with van der Waals surface area (Å²) in [6.07, 6.45) is 4.17. The van der Waals surface area contributed by atoms with Crippen LogP contribution in [-0.2, 0) is 0 Å². The van der Waals surface area contributed by atoms with Crippen molar-refractivity contribution in [1.29, 1.82) is 0 Å². The quantitative estimate of drug-likeness (QED) is 0.320. The van der Waals surface area contributed by atoms with E-state index in [1.54, 1.807) is 0 Å². The molecule has 0 N–H and O–H groups in total. The summed E-state index contributed by atoms with van der Waals surface area (Å²) in [5.74, 6) is 1.67. The second kappa shape index (κ2) is 7.37. The Morgan fingerprint density at radius 3 is 2.41 bits per heavy atom. The fraction of sp³-hybridized carbons (Fsp3) is 0.0769. The normalized spacial score (nSPS) is 16.3. The number of fused-ring (bicyclic) bond motifs is 4. The van der Waals surface area contributed by atoms with Gasteiger partial charge in [-0.1, -0.05) is 59.6 Å². The molecule has 1 aromatic heterocycles. The first kappa shape index (κ1) is 19.4. The Bertz CT molecular complexity index is 1420. The van der Waals surface area contributed by atoms with E-state index in [9.17, 15) is 0 Å². The number of rotatable bonds is 2. The first-order valence-corrected chi connectivity index (χ1v) is 11.1. The van der Waals surface area contributed by atoms with Crippen LogP contribution >= 0.6 is 23.2 Å². The molecular formula is C26H18Cl2N4. The van der Waals surface area contributed by atoms with Crippen LogP contribution in [0.2, 0.25) is 10.0 Å². The number of para-hydroxylation sites is 1. The first-order chi connectivity index (χ1) is 15.6. The van der Waals surface area contributed by atoms with Crippen LogP contribution in [-0.4, -0.2) is 15.6 Å². The Kier molecular flexibility index (Phi) is 4.46. The fourth-order valence-corrected chi connectivity index (χ4v) is 4.89. The standard InChI is InChI=1S/C26H18Cl2N4/c1-16-24-25(20-7-3-4-8-21(20)28)31-22-9-5-2-6-17(22)10-15-23(31)29-26(24)32(30-16)19-13-11-18(27)12-14-19/h2-15,25H,1H3/t25-/m0/s1. The number of halogens is 2. The van der Waals surface area contributed by atoms with Gasteiger partial charge in [-0.05, 0) is 66.6 Å². The predicted octanol–water partition coefficient (Wildman–Crippen LogP) is 7.15. The minimum Gasteiger partial charge on any atom is -0.314 e. The van der Waals surface area contributed by atoms with Crippen molar-refractivity contribution >= 4 is 46.6 Å². The van der Waals surface area contributed by atoms with Crippen molar-refractivity contribution in [3.8, 4) is 5.69 Å². The molecule has 2 aliphatic heterocycles. The highest BCUT2D eigenvalue weighted by atomic mass is 35.5. The molecule has 0 saturated carbocycles. The van der Waals surface area contributed by atoms with Gasteiger partial charge in [-0.3, -0.25) is 0 Å². The molecule has 4 nitrogen and oxygen atoms in total. The molecule has 0 amide bonds. The Hall–Kier alpha value is -3.34. The number of amidine groups is 1. The van der Waals surface area contributed by atoms with Crippen LogP contribution < -0.4 is 4.90 Å². The van der Waals surface area contributed by atoms with Gasteiger partial charge >= 0.3 is 0 Å². The Morgan fingerprint density at radius 2 is 1.59 bits per heavy atom. The highest BCUT2D eigenvalue weighted by Gasteiger charge is 2.38. The van der Waals surface area contributed by atoms with E-state index in [0.717, 1.165) is 50.4 Å². The van der Waals surface area contributed by atoms with Crippen molar-refractivity contribution in [2.24, 2.45) is 4.99 Å². The predicted molar refractivity (Wildman–Crippen MR) is 132 cm³/mol. The summed E-state index contributed by atoms with van der Waals surface area (Å²) in [5.41, 5.74) is 6.13. The number of aliphatic imine (C=N–C) groups is 1. The molecule has 0 spiro atoms. The molecule has 6 heteroatoms. The summed E-state index contributed by atoms with van der Waals surface area (Å²) in [6, 6.07) is 23.8. The van der Waals surface area contributed by atoms with Gasteiger partial charge in [0, 0.05) is 15.6 Å². The van der Waals surface area contributed by atoms with Gasteiger partial charge in [0.2, 0.25) is 0 Å². The molecule has 0 fully saturated rings. The molecule has 0 bridgehead atoms. The largest absolute Gasteiger partial charge is 0.314 e. The average Bonchev–Trinajstić information content (AvgIpc) is 3.14. The topological polar surface area (TPSA) is 33.4 Å². The third kappa shape index (κ3) is 2.91. The number of nitrogens with zero attached hydrogens (tertiary/aromatic N) is 4. The lowest BCUT2D eigenvalue weighted by molar-refractivity contribution is 0.814. The molecule has 3 aromatic carbocycles. The van der Waals surface area contributed by atoms with E-state index in [-0.39, 0.29) is 6.04 Å². The summed E-state index contributed by atoms with van der Waals surface area (Å²) in [7, 11) is 0. The van der Waals surface area contributed by atoms with Gasteiger partial charge < -0.3 is 4.90 Å². The Balaban J connectivity index is 1.65. The SMILES string of the molecule is Cc1nn(-c2ccc(Cl)cc2)c2c1[C@H](c1ccccc1Cl)N1C(=N2)C=Cc2ccccc21. The van der Waals surface area contributed by atoms with E-state index in [0.29, 0.717) is 5.02 Å². The fourth-order valence-electron chi connectivity index (χ4n) is 4.52. The highest BCUT2D eigenvalue weighted by molar-refractivity contribution is 6.31. The van der Waals surface area contributed by atoms with E-state index in [2.05, 4.69) is 47.4 Å². The molecule has 32 heavy (non-hydrogen) atoms. The van der Waals surface area contributed by atoms with Crippen molar-refractivity contribution in [1.82, 2.24) is 9.78 Å². The Labute approximate surface area is 196 Å². The lowest BCUT2D eigenvalue weighted by Crippen LogP contribution is -2.39. The van der Waals surface area contributed by atoms with Crippen LogP contribution in [0, 0.1) is 6.92 Å². The summed E-state index contributed by atoms with van der Waals surface area (Å²) < 4.78 is 1.89. The lowest BCUT2D eigenvalue weighted by atomic mass is 9.92. The molecule has 0 unspecified atom stereocenters. The van der Waals surface area contributed by atoms with Crippen LogP contribution in [0.15, 0.2) is 83.9 Å². The summed E-state index contributed by atoms with van der Waals surface area (Å²) in [6.45, 7) is 2.03. The van der Waals surface area contributed by atoms with E-state index in [1.165, 1.54) is 0 Å². The van der Waals surface area contributed by atoms with Gasteiger partial charge in [0.15, 0.2) is 5.82 Å². The van der Waals surface area contributed by atoms with Gasteiger partial charge in [0.25, 0.3) is 0 Å². The Morgan fingerprint density at radius 1 is 0.844 bits per heavy atom. The second-order valence-corrected chi connectivity index (χ2v) is 8.71. The maximum absolute atomic E-state index is 6.75. The number of benzene rings is 3. The number of anilines is 1. The van der Waals surface area contributed by atoms with E-state index < -0.39 is 0 Å². The minimum atomic E-state index is -0.154. The van der Waals surface area contributed by atoms with Crippen LogP contribution in [0.3, 0.4) is 0 Å². The maximum Gasteiger partial charge on any atom is 0.163 e. The van der Waals surface area contributed by atoms with Crippen LogP contribution in [0.1, 0.15) is 28.4 Å². The zero-order chi connectivity index (χ0) is 21.8. The highest BCUT2D eigenvalue weighted by Crippen LogP contribution is 2.47. The average molecular weight is 457 g/mol. The molecule has 2 aliphatic rings. The summed E-state index contributed by atoms with van der Waals surface area (Å²) in [4.78, 5) is 7.34. The molecule has 156 valence electrons. The molecular weight excluding hydrogens is 439 g/mol. The molecule has 0 radical (unpaired) electrons. The van der Waals surface area contributed by atoms with Gasteiger partial charge in [-0.2, -0.15) is 5.10 Å². The van der Waals surface area contributed by atoms with Crippen LogP contribution in [0.25, 0.3) is 11.8 Å². The number of hydrogen-bond donors (Lipinski definition) is 0. The van der Waals surface area contributed by atoms with Gasteiger partial charge in [0.1, 0.15) is 5.84 Å². The number of aromatic nitrogens is 2. The van der Waals surface area contributed by atoms with Gasteiger partial charge in [-0.15, -0.1) is 0 Å². The zero-order valence-corrected chi connectivity index (χ0v) is 18.7. The van der Waals surface area contributed by atoms with Crippen molar-refractivity contribution in [2.75, 3.05) is 4.90 Å². The van der Waals surface area contributed by atoms with E-state index >= 15 is 0 Å². The monoisotopic (exact) mass is 456 g/mol. The smallest absolute Gasteiger partial charge is 0.163 e.